The van der Waals surface area contributed by atoms with Crippen LogP contribution in [0.15, 0.2) is 27.6 Å². The molecule has 1 aliphatic rings. The molecule has 0 aromatic carbocycles. The van der Waals surface area contributed by atoms with E-state index in [-0.39, 0.29) is 24.7 Å². The van der Waals surface area contributed by atoms with Crippen molar-refractivity contribution in [2.75, 3.05) is 19.8 Å². The highest BCUT2D eigenvalue weighted by atomic mass is 16.5. The smallest absolute Gasteiger partial charge is 0.335 e. The highest BCUT2D eigenvalue weighted by Crippen LogP contribution is 2.22. The van der Waals surface area contributed by atoms with Crippen molar-refractivity contribution in [1.29, 1.82) is 0 Å². The zero-order chi connectivity index (χ0) is 15.4. The average Bonchev–Trinajstić information content (AvgIpc) is 2.94. The zero-order valence-corrected chi connectivity index (χ0v) is 11.7. The van der Waals surface area contributed by atoms with Gasteiger partial charge in [0.15, 0.2) is 0 Å². The third-order valence-corrected chi connectivity index (χ3v) is 3.44. The van der Waals surface area contributed by atoms with Crippen molar-refractivity contribution in [3.63, 3.8) is 0 Å². The quantitative estimate of drug-likeness (QED) is 0.854. The molecule has 7 heteroatoms. The molecule has 2 unspecified atom stereocenters. The third-order valence-electron chi connectivity index (χ3n) is 3.44. The first-order valence-corrected chi connectivity index (χ1v) is 6.75. The molecule has 1 N–H and O–H groups in total. The minimum atomic E-state index is -0.981. The fourth-order valence-electron chi connectivity index (χ4n) is 2.39. The summed E-state index contributed by atoms with van der Waals surface area (Å²) in [6.07, 6.45) is 1.78. The summed E-state index contributed by atoms with van der Waals surface area (Å²) in [7, 11) is 0. The van der Waals surface area contributed by atoms with Crippen LogP contribution in [-0.4, -0.2) is 47.7 Å². The second-order valence-corrected chi connectivity index (χ2v) is 4.89. The summed E-state index contributed by atoms with van der Waals surface area (Å²) in [6.45, 7) is 2.60. The van der Waals surface area contributed by atoms with E-state index in [0.29, 0.717) is 13.0 Å². The molecule has 1 saturated heterocycles. The number of carbonyl (C=O) groups excluding carboxylic acids is 1. The molecule has 1 aromatic heterocycles. The van der Waals surface area contributed by atoms with E-state index in [1.165, 1.54) is 11.0 Å². The number of carboxylic acid groups (broad SMARTS) is 1. The first-order chi connectivity index (χ1) is 10.0. The highest BCUT2D eigenvalue weighted by Gasteiger charge is 2.40. The Morgan fingerprint density at radius 1 is 1.38 bits per heavy atom. The van der Waals surface area contributed by atoms with E-state index in [4.69, 9.17) is 9.15 Å². The maximum Gasteiger partial charge on any atom is 0.335 e. The summed E-state index contributed by atoms with van der Waals surface area (Å²) in [5.41, 5.74) is -0.319. The third kappa shape index (κ3) is 3.30. The Balaban J connectivity index is 2.25. The summed E-state index contributed by atoms with van der Waals surface area (Å²) in [5, 5.41) is 9.21. The molecule has 0 aliphatic carbocycles. The van der Waals surface area contributed by atoms with Crippen LogP contribution in [0.5, 0.6) is 0 Å². The molecule has 0 radical (unpaired) electrons. The molecule has 2 rings (SSSR count). The average molecular weight is 295 g/mol. The number of hydrogen-bond acceptors (Lipinski definition) is 5. The van der Waals surface area contributed by atoms with Gasteiger partial charge in [-0.1, -0.05) is 6.92 Å². The lowest BCUT2D eigenvalue weighted by Crippen LogP contribution is -2.47. The van der Waals surface area contributed by atoms with Gasteiger partial charge < -0.3 is 19.2 Å². The van der Waals surface area contributed by atoms with Gasteiger partial charge in [0, 0.05) is 12.6 Å². The van der Waals surface area contributed by atoms with Gasteiger partial charge in [-0.15, -0.1) is 0 Å². The van der Waals surface area contributed by atoms with Crippen LogP contribution >= 0.6 is 0 Å². The van der Waals surface area contributed by atoms with Gasteiger partial charge >= 0.3 is 11.6 Å². The van der Waals surface area contributed by atoms with E-state index in [1.807, 2.05) is 6.92 Å². The van der Waals surface area contributed by atoms with Crippen molar-refractivity contribution in [1.82, 2.24) is 4.90 Å². The second-order valence-electron chi connectivity index (χ2n) is 4.89. The number of carbonyl (C=O) groups is 2. The maximum absolute atomic E-state index is 12.5. The van der Waals surface area contributed by atoms with Crippen molar-refractivity contribution < 1.29 is 23.8 Å². The van der Waals surface area contributed by atoms with Gasteiger partial charge in [-0.2, -0.15) is 0 Å². The summed E-state index contributed by atoms with van der Waals surface area (Å²) >= 11 is 0. The normalized spacial score (nSPS) is 21.2. The van der Waals surface area contributed by atoms with Crippen LogP contribution in [0.1, 0.15) is 23.7 Å². The number of aliphatic carboxylic acids is 1. The van der Waals surface area contributed by atoms with E-state index in [9.17, 15) is 19.5 Å². The predicted molar refractivity (Wildman–Crippen MR) is 72.0 cm³/mol. The molecular formula is C14H17NO6. The summed E-state index contributed by atoms with van der Waals surface area (Å²) in [5.74, 6) is -2.08. The molecular weight excluding hydrogens is 278 g/mol. The predicted octanol–water partition coefficient (Wildman–Crippen LogP) is 0.592. The van der Waals surface area contributed by atoms with E-state index in [0.717, 1.165) is 12.3 Å². The molecule has 0 bridgehead atoms. The Morgan fingerprint density at radius 3 is 2.71 bits per heavy atom. The molecule has 0 spiro atoms. The SMILES string of the molecule is CCCN(C(=O)c1ccc(=O)oc1)C1COCC1C(=O)O. The summed E-state index contributed by atoms with van der Waals surface area (Å²) < 4.78 is 9.91. The number of ether oxygens (including phenoxy) is 1. The molecule has 2 atom stereocenters. The van der Waals surface area contributed by atoms with Gasteiger partial charge in [-0.25, -0.2) is 4.79 Å². The van der Waals surface area contributed by atoms with Crippen LogP contribution in [0.2, 0.25) is 0 Å². The van der Waals surface area contributed by atoms with Gasteiger partial charge in [-0.05, 0) is 12.5 Å². The van der Waals surface area contributed by atoms with Crippen LogP contribution in [0, 0.1) is 5.92 Å². The van der Waals surface area contributed by atoms with Crippen LogP contribution in [0.3, 0.4) is 0 Å². The minimum Gasteiger partial charge on any atom is -0.481 e. The number of rotatable bonds is 5. The highest BCUT2D eigenvalue weighted by molar-refractivity contribution is 5.94. The molecule has 1 amide bonds. The number of nitrogens with zero attached hydrogens (tertiary/aromatic N) is 1. The van der Waals surface area contributed by atoms with Crippen LogP contribution in [-0.2, 0) is 9.53 Å². The molecule has 7 nitrogen and oxygen atoms in total. The van der Waals surface area contributed by atoms with Gasteiger partial charge in [0.05, 0.1) is 24.8 Å². The fraction of sp³-hybridized carbons (Fsp3) is 0.500. The van der Waals surface area contributed by atoms with Gasteiger partial charge in [0.2, 0.25) is 0 Å². The summed E-state index contributed by atoms with van der Waals surface area (Å²) in [6, 6.07) is 2.03. The molecule has 0 saturated carbocycles. The van der Waals surface area contributed by atoms with E-state index < -0.39 is 23.6 Å². The van der Waals surface area contributed by atoms with Crippen molar-refractivity contribution in [2.24, 2.45) is 5.92 Å². The Bertz CT molecular complexity index is 561. The Labute approximate surface area is 121 Å². The Hall–Kier alpha value is -2.15. The van der Waals surface area contributed by atoms with Gasteiger partial charge in [0.25, 0.3) is 5.91 Å². The number of carboxylic acids is 1. The molecule has 114 valence electrons. The monoisotopic (exact) mass is 295 g/mol. The largest absolute Gasteiger partial charge is 0.481 e. The lowest BCUT2D eigenvalue weighted by molar-refractivity contribution is -0.142. The van der Waals surface area contributed by atoms with Gasteiger partial charge in [0.1, 0.15) is 12.2 Å². The fourth-order valence-corrected chi connectivity index (χ4v) is 2.39. The Kier molecular flexibility index (Phi) is 4.74. The van der Waals surface area contributed by atoms with Crippen LogP contribution in [0.4, 0.5) is 0 Å². The maximum atomic E-state index is 12.5. The van der Waals surface area contributed by atoms with Crippen molar-refractivity contribution in [2.45, 2.75) is 19.4 Å². The van der Waals surface area contributed by atoms with Crippen LogP contribution < -0.4 is 5.63 Å². The van der Waals surface area contributed by atoms with Gasteiger partial charge in [-0.3, -0.25) is 9.59 Å². The summed E-state index contributed by atoms with van der Waals surface area (Å²) in [4.78, 5) is 36.2. The number of hydrogen-bond donors (Lipinski definition) is 1. The van der Waals surface area contributed by atoms with E-state index in [1.54, 1.807) is 0 Å². The molecule has 1 aromatic rings. The number of amides is 1. The lowest BCUT2D eigenvalue weighted by atomic mass is 10.0. The lowest BCUT2D eigenvalue weighted by Gasteiger charge is -2.30. The zero-order valence-electron chi connectivity index (χ0n) is 11.7. The van der Waals surface area contributed by atoms with Crippen molar-refractivity contribution in [3.05, 3.63) is 34.4 Å². The molecule has 21 heavy (non-hydrogen) atoms. The molecule has 1 aliphatic heterocycles. The van der Waals surface area contributed by atoms with E-state index in [2.05, 4.69) is 0 Å². The molecule has 1 fully saturated rings. The first kappa shape index (κ1) is 15.2. The minimum absolute atomic E-state index is 0.0946. The van der Waals surface area contributed by atoms with Crippen molar-refractivity contribution in [3.8, 4) is 0 Å². The molecule has 2 heterocycles. The second kappa shape index (κ2) is 6.53. The standard InChI is InChI=1S/C14H17NO6/c1-2-5-15(11-8-20-7-10(11)14(18)19)13(17)9-3-4-12(16)21-6-9/h3-4,6,10-11H,2,5,7-8H2,1H3,(H,18,19). The Morgan fingerprint density at radius 2 is 2.14 bits per heavy atom. The van der Waals surface area contributed by atoms with Crippen LogP contribution in [0.25, 0.3) is 0 Å². The topological polar surface area (TPSA) is 97.0 Å². The van der Waals surface area contributed by atoms with E-state index >= 15 is 0 Å². The van der Waals surface area contributed by atoms with Crippen molar-refractivity contribution >= 4 is 11.9 Å². The first-order valence-electron chi connectivity index (χ1n) is 6.75.